The first-order valence-corrected chi connectivity index (χ1v) is 7.60. The lowest BCUT2D eigenvalue weighted by Gasteiger charge is -2.17. The lowest BCUT2D eigenvalue weighted by molar-refractivity contribution is 0.0697. The minimum atomic E-state index is -0.989. The van der Waals surface area contributed by atoms with Gasteiger partial charge in [-0.25, -0.2) is 4.79 Å². The molecule has 21 heavy (non-hydrogen) atoms. The minimum Gasteiger partial charge on any atom is -0.478 e. The number of carboxylic acids is 1. The Morgan fingerprint density at radius 1 is 1.48 bits per heavy atom. The number of fused-ring (bicyclic) bond motifs is 1. The Balaban J connectivity index is 1.95. The third kappa shape index (κ3) is 2.58. The van der Waals surface area contributed by atoms with Crippen LogP contribution >= 0.6 is 11.3 Å². The van der Waals surface area contributed by atoms with E-state index < -0.39 is 11.9 Å². The van der Waals surface area contributed by atoms with E-state index in [1.165, 1.54) is 17.6 Å². The van der Waals surface area contributed by atoms with Crippen molar-refractivity contribution in [1.29, 1.82) is 0 Å². The molecule has 0 saturated carbocycles. The molecule has 1 aliphatic carbocycles. The van der Waals surface area contributed by atoms with Gasteiger partial charge in [0.25, 0.3) is 5.91 Å². The maximum absolute atomic E-state index is 12.0. The summed E-state index contributed by atoms with van der Waals surface area (Å²) >= 11 is 1.37. The molecule has 1 aliphatic rings. The van der Waals surface area contributed by atoms with Crippen LogP contribution in [0.25, 0.3) is 0 Å². The lowest BCUT2D eigenvalue weighted by atomic mass is 9.88. The Hall–Kier alpha value is -2.08. The summed E-state index contributed by atoms with van der Waals surface area (Å²) in [7, 11) is 0. The SMILES string of the molecule is C[C@H]1CCc2c(sc(NC(=O)c3ccco3)c2C(=O)O)C1. The van der Waals surface area contributed by atoms with E-state index in [0.29, 0.717) is 10.9 Å². The Labute approximate surface area is 125 Å². The van der Waals surface area contributed by atoms with E-state index in [0.717, 1.165) is 29.7 Å². The summed E-state index contributed by atoms with van der Waals surface area (Å²) in [4.78, 5) is 24.6. The van der Waals surface area contributed by atoms with Crippen molar-refractivity contribution in [2.24, 2.45) is 5.92 Å². The van der Waals surface area contributed by atoms with Crippen molar-refractivity contribution >= 4 is 28.2 Å². The molecule has 2 heterocycles. The van der Waals surface area contributed by atoms with Gasteiger partial charge in [0.2, 0.25) is 0 Å². The molecular weight excluding hydrogens is 290 g/mol. The van der Waals surface area contributed by atoms with Gasteiger partial charge in [-0.1, -0.05) is 6.92 Å². The summed E-state index contributed by atoms with van der Waals surface area (Å²) in [5, 5.41) is 12.5. The van der Waals surface area contributed by atoms with Crippen LogP contribution in [0.5, 0.6) is 0 Å². The summed E-state index contributed by atoms with van der Waals surface area (Å²) in [6.07, 6.45) is 4.02. The third-order valence-corrected chi connectivity index (χ3v) is 4.87. The standard InChI is InChI=1S/C15H15NO4S/c1-8-4-5-9-11(7-8)21-14(12(9)15(18)19)16-13(17)10-3-2-6-20-10/h2-3,6,8H,4-5,7H2,1H3,(H,16,17)(H,18,19)/t8-/m0/s1. The number of amides is 1. The molecule has 5 nitrogen and oxygen atoms in total. The van der Waals surface area contributed by atoms with Crippen molar-refractivity contribution in [3.8, 4) is 0 Å². The van der Waals surface area contributed by atoms with E-state index in [1.807, 2.05) is 0 Å². The first kappa shape index (κ1) is 13.9. The number of nitrogens with one attached hydrogen (secondary N) is 1. The third-order valence-electron chi connectivity index (χ3n) is 3.70. The first-order chi connectivity index (χ1) is 10.1. The highest BCUT2D eigenvalue weighted by Gasteiger charge is 2.28. The fourth-order valence-electron chi connectivity index (χ4n) is 2.64. The Morgan fingerprint density at radius 3 is 2.95 bits per heavy atom. The topological polar surface area (TPSA) is 79.5 Å². The van der Waals surface area contributed by atoms with Crippen molar-refractivity contribution in [2.45, 2.75) is 26.2 Å². The van der Waals surface area contributed by atoms with E-state index in [2.05, 4.69) is 12.2 Å². The molecule has 0 fully saturated rings. The molecule has 0 bridgehead atoms. The number of thiophene rings is 1. The van der Waals surface area contributed by atoms with E-state index in [-0.39, 0.29) is 11.3 Å². The van der Waals surface area contributed by atoms with Crippen LogP contribution in [0.4, 0.5) is 5.00 Å². The van der Waals surface area contributed by atoms with Gasteiger partial charge in [0.15, 0.2) is 5.76 Å². The van der Waals surface area contributed by atoms with Crippen molar-refractivity contribution < 1.29 is 19.1 Å². The van der Waals surface area contributed by atoms with Gasteiger partial charge in [-0.15, -0.1) is 11.3 Å². The Morgan fingerprint density at radius 2 is 2.29 bits per heavy atom. The maximum atomic E-state index is 12.0. The van der Waals surface area contributed by atoms with Crippen LogP contribution in [0, 0.1) is 5.92 Å². The quantitative estimate of drug-likeness (QED) is 0.910. The summed E-state index contributed by atoms with van der Waals surface area (Å²) in [6.45, 7) is 2.16. The summed E-state index contributed by atoms with van der Waals surface area (Å²) in [6, 6.07) is 3.17. The molecule has 0 spiro atoms. The van der Waals surface area contributed by atoms with Gasteiger partial charge in [-0.2, -0.15) is 0 Å². The molecular formula is C15H15NO4S. The molecule has 6 heteroatoms. The second-order valence-corrected chi connectivity index (χ2v) is 6.40. The smallest absolute Gasteiger partial charge is 0.339 e. The van der Waals surface area contributed by atoms with Crippen molar-refractivity contribution in [2.75, 3.05) is 5.32 Å². The van der Waals surface area contributed by atoms with Crippen LogP contribution in [0.3, 0.4) is 0 Å². The predicted octanol–water partition coefficient (Wildman–Crippen LogP) is 3.42. The number of furan rings is 1. The Kier molecular flexibility index (Phi) is 3.55. The predicted molar refractivity (Wildman–Crippen MR) is 79.1 cm³/mol. The number of hydrogen-bond donors (Lipinski definition) is 2. The first-order valence-electron chi connectivity index (χ1n) is 6.79. The molecule has 0 saturated heterocycles. The zero-order chi connectivity index (χ0) is 15.0. The maximum Gasteiger partial charge on any atom is 0.339 e. The molecule has 0 aromatic carbocycles. The zero-order valence-electron chi connectivity index (χ0n) is 11.5. The fourth-order valence-corrected chi connectivity index (χ4v) is 4.04. The number of hydrogen-bond acceptors (Lipinski definition) is 4. The van der Waals surface area contributed by atoms with Crippen LogP contribution in [0.2, 0.25) is 0 Å². The number of carboxylic acid groups (broad SMARTS) is 1. The zero-order valence-corrected chi connectivity index (χ0v) is 12.3. The molecule has 0 aliphatic heterocycles. The highest BCUT2D eigenvalue weighted by molar-refractivity contribution is 7.17. The summed E-state index contributed by atoms with van der Waals surface area (Å²) < 4.78 is 5.03. The molecule has 1 atom stereocenters. The highest BCUT2D eigenvalue weighted by atomic mass is 32.1. The van der Waals surface area contributed by atoms with Gasteiger partial charge in [-0.3, -0.25) is 4.79 Å². The van der Waals surface area contributed by atoms with E-state index in [9.17, 15) is 14.7 Å². The molecule has 110 valence electrons. The normalized spacial score (nSPS) is 17.3. The number of anilines is 1. The van der Waals surface area contributed by atoms with E-state index in [4.69, 9.17) is 4.42 Å². The van der Waals surface area contributed by atoms with Gasteiger partial charge >= 0.3 is 5.97 Å². The number of carbonyl (C=O) groups excluding carboxylic acids is 1. The van der Waals surface area contributed by atoms with E-state index >= 15 is 0 Å². The van der Waals surface area contributed by atoms with Gasteiger partial charge in [0.05, 0.1) is 11.8 Å². The fraction of sp³-hybridized carbons (Fsp3) is 0.333. The highest BCUT2D eigenvalue weighted by Crippen LogP contribution is 2.39. The average molecular weight is 305 g/mol. The molecule has 1 amide bonds. The second kappa shape index (κ2) is 5.37. The minimum absolute atomic E-state index is 0.172. The van der Waals surface area contributed by atoms with Crippen LogP contribution in [-0.2, 0) is 12.8 Å². The Bertz CT molecular complexity index is 687. The number of rotatable bonds is 3. The van der Waals surface area contributed by atoms with Crippen LogP contribution in [0.15, 0.2) is 22.8 Å². The molecule has 0 unspecified atom stereocenters. The van der Waals surface area contributed by atoms with Crippen LogP contribution in [-0.4, -0.2) is 17.0 Å². The molecule has 0 radical (unpaired) electrons. The number of aromatic carboxylic acids is 1. The molecule has 2 aromatic rings. The van der Waals surface area contributed by atoms with Crippen molar-refractivity contribution in [3.63, 3.8) is 0 Å². The van der Waals surface area contributed by atoms with Gasteiger partial charge in [0.1, 0.15) is 5.00 Å². The van der Waals surface area contributed by atoms with Crippen LogP contribution < -0.4 is 5.32 Å². The number of carbonyl (C=O) groups is 2. The lowest BCUT2D eigenvalue weighted by Crippen LogP contribution is -2.14. The molecule has 2 aromatic heterocycles. The van der Waals surface area contributed by atoms with Gasteiger partial charge in [0, 0.05) is 4.88 Å². The van der Waals surface area contributed by atoms with Crippen LogP contribution in [0.1, 0.15) is 44.7 Å². The summed E-state index contributed by atoms with van der Waals surface area (Å²) in [5.74, 6) is -0.691. The largest absolute Gasteiger partial charge is 0.478 e. The average Bonchev–Trinajstić information content (AvgIpc) is 3.04. The summed E-state index contributed by atoms with van der Waals surface area (Å²) in [5.41, 5.74) is 1.11. The van der Waals surface area contributed by atoms with Gasteiger partial charge in [-0.05, 0) is 42.9 Å². The van der Waals surface area contributed by atoms with Gasteiger partial charge < -0.3 is 14.8 Å². The molecule has 2 N–H and O–H groups in total. The second-order valence-electron chi connectivity index (χ2n) is 5.29. The molecule has 3 rings (SSSR count). The van der Waals surface area contributed by atoms with Crippen molar-refractivity contribution in [3.05, 3.63) is 40.2 Å². The van der Waals surface area contributed by atoms with Crippen molar-refractivity contribution in [1.82, 2.24) is 0 Å². The monoisotopic (exact) mass is 305 g/mol. The van der Waals surface area contributed by atoms with E-state index in [1.54, 1.807) is 12.1 Å².